The van der Waals surface area contributed by atoms with Crippen molar-refractivity contribution >= 4 is 17.7 Å². The van der Waals surface area contributed by atoms with Crippen molar-refractivity contribution in [1.82, 2.24) is 0 Å². The lowest BCUT2D eigenvalue weighted by molar-refractivity contribution is -0.140. The van der Waals surface area contributed by atoms with Crippen molar-refractivity contribution in [2.75, 3.05) is 11.5 Å². The maximum atomic E-state index is 10.2. The Morgan fingerprint density at radius 2 is 2.50 bits per heavy atom. The second-order valence-corrected chi connectivity index (χ2v) is 3.05. The zero-order valence-corrected chi connectivity index (χ0v) is 5.28. The molecule has 1 rings (SSSR count). The van der Waals surface area contributed by atoms with Gasteiger partial charge in [-0.05, 0) is 12.2 Å². The minimum Gasteiger partial charge on any atom is -0.481 e. The van der Waals surface area contributed by atoms with Crippen molar-refractivity contribution in [3.05, 3.63) is 0 Å². The third kappa shape index (κ3) is 1.15. The summed E-state index contributed by atoms with van der Waals surface area (Å²) < 4.78 is 0. The SMILES string of the molecule is O=C(O)[C@@H]1CCSC1. The van der Waals surface area contributed by atoms with Gasteiger partial charge in [0.1, 0.15) is 0 Å². The highest BCUT2D eigenvalue weighted by Crippen LogP contribution is 2.22. The van der Waals surface area contributed by atoms with Crippen molar-refractivity contribution in [1.29, 1.82) is 0 Å². The monoisotopic (exact) mass is 132 g/mol. The molecule has 0 aromatic carbocycles. The van der Waals surface area contributed by atoms with Gasteiger partial charge in [0.15, 0.2) is 0 Å². The molecule has 0 aliphatic carbocycles. The lowest BCUT2D eigenvalue weighted by Crippen LogP contribution is -2.11. The van der Waals surface area contributed by atoms with E-state index in [1.165, 1.54) is 0 Å². The number of hydrogen-bond acceptors (Lipinski definition) is 2. The first kappa shape index (κ1) is 5.95. The Kier molecular flexibility index (Phi) is 1.78. The fourth-order valence-electron chi connectivity index (χ4n) is 0.729. The molecule has 1 aliphatic rings. The van der Waals surface area contributed by atoms with E-state index in [1.807, 2.05) is 0 Å². The van der Waals surface area contributed by atoms with Crippen LogP contribution < -0.4 is 0 Å². The molecule has 0 aromatic heterocycles. The number of hydrogen-bond donors (Lipinski definition) is 1. The molecule has 3 heteroatoms. The average Bonchev–Trinajstić information content (AvgIpc) is 2.12. The highest BCUT2D eigenvalue weighted by Gasteiger charge is 2.21. The quantitative estimate of drug-likeness (QED) is 0.574. The number of aliphatic carboxylic acids is 1. The third-order valence-electron chi connectivity index (χ3n) is 1.28. The van der Waals surface area contributed by atoms with Crippen LogP contribution in [0.2, 0.25) is 0 Å². The summed E-state index contributed by atoms with van der Waals surface area (Å²) in [5, 5.41) is 8.40. The minimum absolute atomic E-state index is 0.0556. The van der Waals surface area contributed by atoms with E-state index < -0.39 is 5.97 Å². The molecule has 1 saturated heterocycles. The number of carbonyl (C=O) groups is 1. The number of rotatable bonds is 1. The summed E-state index contributed by atoms with van der Waals surface area (Å²) in [4.78, 5) is 10.2. The first-order chi connectivity index (χ1) is 3.80. The molecule has 1 aliphatic heterocycles. The van der Waals surface area contributed by atoms with Crippen molar-refractivity contribution in [3.8, 4) is 0 Å². The van der Waals surface area contributed by atoms with Gasteiger partial charge < -0.3 is 5.11 Å². The first-order valence-electron chi connectivity index (χ1n) is 2.61. The molecule has 0 radical (unpaired) electrons. The van der Waals surface area contributed by atoms with Crippen LogP contribution in [0.25, 0.3) is 0 Å². The molecule has 0 unspecified atom stereocenters. The molecule has 0 spiro atoms. The third-order valence-corrected chi connectivity index (χ3v) is 2.44. The van der Waals surface area contributed by atoms with Crippen LogP contribution in [0, 0.1) is 5.92 Å². The maximum Gasteiger partial charge on any atom is 0.307 e. The van der Waals surface area contributed by atoms with Crippen LogP contribution in [0.5, 0.6) is 0 Å². The van der Waals surface area contributed by atoms with Crippen molar-refractivity contribution in [3.63, 3.8) is 0 Å². The standard InChI is InChI=1S/C5H8O2S/c6-5(7)4-1-2-8-3-4/h4H,1-3H2,(H,6,7)/t4-/m1/s1. The number of thioether (sulfide) groups is 1. The van der Waals surface area contributed by atoms with E-state index in [1.54, 1.807) is 11.8 Å². The Morgan fingerprint density at radius 1 is 1.75 bits per heavy atom. The Bertz CT molecular complexity index is 96.6. The lowest BCUT2D eigenvalue weighted by Gasteiger charge is -1.96. The van der Waals surface area contributed by atoms with Gasteiger partial charge in [0.25, 0.3) is 0 Å². The van der Waals surface area contributed by atoms with Crippen LogP contribution in [0.3, 0.4) is 0 Å². The maximum absolute atomic E-state index is 10.2. The van der Waals surface area contributed by atoms with E-state index in [4.69, 9.17) is 5.11 Å². The largest absolute Gasteiger partial charge is 0.481 e. The zero-order valence-electron chi connectivity index (χ0n) is 4.46. The van der Waals surface area contributed by atoms with Crippen molar-refractivity contribution < 1.29 is 9.90 Å². The van der Waals surface area contributed by atoms with Crippen LogP contribution >= 0.6 is 11.8 Å². The van der Waals surface area contributed by atoms with Gasteiger partial charge in [0, 0.05) is 5.75 Å². The van der Waals surface area contributed by atoms with Gasteiger partial charge >= 0.3 is 5.97 Å². The predicted octanol–water partition coefficient (Wildman–Crippen LogP) is 0.824. The second kappa shape index (κ2) is 2.40. The fraction of sp³-hybridized carbons (Fsp3) is 0.800. The van der Waals surface area contributed by atoms with Gasteiger partial charge in [0.2, 0.25) is 0 Å². The minimum atomic E-state index is -0.630. The summed E-state index contributed by atoms with van der Waals surface area (Å²) in [5.74, 6) is 1.15. The van der Waals surface area contributed by atoms with E-state index in [2.05, 4.69) is 0 Å². The molecule has 0 amide bonds. The molecule has 1 atom stereocenters. The summed E-state index contributed by atoms with van der Waals surface area (Å²) in [7, 11) is 0. The molecule has 8 heavy (non-hydrogen) atoms. The Morgan fingerprint density at radius 3 is 2.75 bits per heavy atom. The van der Waals surface area contributed by atoms with Gasteiger partial charge in [-0.1, -0.05) is 0 Å². The highest BCUT2D eigenvalue weighted by atomic mass is 32.2. The summed E-state index contributed by atoms with van der Waals surface area (Å²) in [6.45, 7) is 0. The van der Waals surface area contributed by atoms with Gasteiger partial charge in [-0.15, -0.1) is 0 Å². The van der Waals surface area contributed by atoms with Crippen LogP contribution in [0.1, 0.15) is 6.42 Å². The second-order valence-electron chi connectivity index (χ2n) is 1.90. The molecule has 2 nitrogen and oxygen atoms in total. The van der Waals surface area contributed by atoms with E-state index in [-0.39, 0.29) is 5.92 Å². The molecule has 0 bridgehead atoms. The topological polar surface area (TPSA) is 37.3 Å². The van der Waals surface area contributed by atoms with Crippen LogP contribution in [0.4, 0.5) is 0 Å². The zero-order chi connectivity index (χ0) is 5.98. The number of carboxylic acids is 1. The van der Waals surface area contributed by atoms with E-state index in [0.29, 0.717) is 0 Å². The molecule has 1 heterocycles. The highest BCUT2D eigenvalue weighted by molar-refractivity contribution is 7.99. The smallest absolute Gasteiger partial charge is 0.307 e. The van der Waals surface area contributed by atoms with Gasteiger partial charge in [-0.2, -0.15) is 11.8 Å². The summed E-state index contributed by atoms with van der Waals surface area (Å²) in [6.07, 6.45) is 0.861. The van der Waals surface area contributed by atoms with Crippen LogP contribution in [0.15, 0.2) is 0 Å². The van der Waals surface area contributed by atoms with Crippen molar-refractivity contribution in [2.24, 2.45) is 5.92 Å². The van der Waals surface area contributed by atoms with Gasteiger partial charge in [-0.3, -0.25) is 4.79 Å². The molecule has 1 N–H and O–H groups in total. The predicted molar refractivity (Wildman–Crippen MR) is 33.1 cm³/mol. The average molecular weight is 132 g/mol. The van der Waals surface area contributed by atoms with Crippen LogP contribution in [-0.4, -0.2) is 22.6 Å². The molecule has 0 saturated carbocycles. The Balaban J connectivity index is 2.35. The van der Waals surface area contributed by atoms with Crippen molar-refractivity contribution in [2.45, 2.75) is 6.42 Å². The lowest BCUT2D eigenvalue weighted by atomic mass is 10.1. The Labute approximate surface area is 52.3 Å². The van der Waals surface area contributed by atoms with Gasteiger partial charge in [-0.25, -0.2) is 0 Å². The molecule has 46 valence electrons. The number of carboxylic acid groups (broad SMARTS) is 1. The first-order valence-corrected chi connectivity index (χ1v) is 3.76. The fourth-order valence-corrected chi connectivity index (χ4v) is 1.94. The molecule has 1 fully saturated rings. The van der Waals surface area contributed by atoms with Crippen LogP contribution in [-0.2, 0) is 4.79 Å². The van der Waals surface area contributed by atoms with E-state index in [9.17, 15) is 4.79 Å². The molecular formula is C5H8O2S. The molecular weight excluding hydrogens is 124 g/mol. The normalized spacial score (nSPS) is 28.2. The summed E-state index contributed by atoms with van der Waals surface area (Å²) >= 11 is 1.73. The summed E-state index contributed by atoms with van der Waals surface area (Å²) in [5.41, 5.74) is 0. The van der Waals surface area contributed by atoms with E-state index >= 15 is 0 Å². The molecule has 0 aromatic rings. The Hall–Kier alpha value is -0.180. The van der Waals surface area contributed by atoms with Gasteiger partial charge in [0.05, 0.1) is 5.92 Å². The van der Waals surface area contributed by atoms with E-state index in [0.717, 1.165) is 17.9 Å². The summed E-state index contributed by atoms with van der Waals surface area (Å²) in [6, 6.07) is 0.